The van der Waals surface area contributed by atoms with Crippen molar-refractivity contribution in [1.29, 1.82) is 0 Å². The largest absolute Gasteiger partial charge is 0.497 e. The van der Waals surface area contributed by atoms with Gasteiger partial charge in [-0.25, -0.2) is 0 Å². The summed E-state index contributed by atoms with van der Waals surface area (Å²) in [6.45, 7) is 4.75. The normalized spacial score (nSPS) is 11.2. The number of nitrogens with two attached hydrogens (primary N) is 1. The van der Waals surface area contributed by atoms with E-state index >= 15 is 0 Å². The van der Waals surface area contributed by atoms with Crippen molar-refractivity contribution in [3.8, 4) is 5.75 Å². The smallest absolute Gasteiger partial charge is 0.121 e. The van der Waals surface area contributed by atoms with E-state index in [0.29, 0.717) is 12.2 Å². The third-order valence-corrected chi connectivity index (χ3v) is 2.45. The van der Waals surface area contributed by atoms with Gasteiger partial charge in [0.2, 0.25) is 0 Å². The van der Waals surface area contributed by atoms with Crippen LogP contribution in [0.2, 0.25) is 0 Å². The molecule has 0 radical (unpaired) electrons. The molecule has 0 fully saturated rings. The minimum Gasteiger partial charge on any atom is -0.497 e. The maximum Gasteiger partial charge on any atom is 0.121 e. The molecular formula is C12H20N2O2. The van der Waals surface area contributed by atoms with Gasteiger partial charge in [0.05, 0.1) is 18.5 Å². The molecule has 4 nitrogen and oxygen atoms in total. The quantitative estimate of drug-likeness (QED) is 0.666. The monoisotopic (exact) mass is 224 g/mol. The van der Waals surface area contributed by atoms with E-state index in [9.17, 15) is 0 Å². The molecule has 0 saturated heterocycles. The number of hydrogen-bond acceptors (Lipinski definition) is 4. The van der Waals surface area contributed by atoms with Crippen LogP contribution >= 0.6 is 0 Å². The molecule has 90 valence electrons. The maximum absolute atomic E-state index is 9.15. The number of methoxy groups -OCH3 is 1. The average molecular weight is 224 g/mol. The van der Waals surface area contributed by atoms with Crippen LogP contribution in [0.5, 0.6) is 5.75 Å². The Balaban J connectivity index is 2.73. The minimum absolute atomic E-state index is 0.129. The van der Waals surface area contributed by atoms with E-state index in [2.05, 4.69) is 5.32 Å². The van der Waals surface area contributed by atoms with Crippen LogP contribution in [0.4, 0.5) is 11.4 Å². The number of nitrogen functional groups attached to an aromatic ring is 1. The van der Waals surface area contributed by atoms with Crippen molar-refractivity contribution < 1.29 is 9.84 Å². The first kappa shape index (κ1) is 12.6. The van der Waals surface area contributed by atoms with Gasteiger partial charge >= 0.3 is 0 Å². The van der Waals surface area contributed by atoms with E-state index in [0.717, 1.165) is 11.4 Å². The Bertz CT molecular complexity index is 351. The summed E-state index contributed by atoms with van der Waals surface area (Å²) in [5, 5.41) is 12.4. The van der Waals surface area contributed by atoms with Crippen molar-refractivity contribution in [3.05, 3.63) is 18.2 Å². The van der Waals surface area contributed by atoms with Crippen molar-refractivity contribution in [2.75, 3.05) is 31.3 Å². The molecule has 1 aromatic rings. The van der Waals surface area contributed by atoms with Crippen LogP contribution in [0.25, 0.3) is 0 Å². The minimum atomic E-state index is -0.171. The van der Waals surface area contributed by atoms with Crippen molar-refractivity contribution in [2.24, 2.45) is 5.41 Å². The highest BCUT2D eigenvalue weighted by Crippen LogP contribution is 2.25. The molecule has 0 aliphatic carbocycles. The van der Waals surface area contributed by atoms with Gasteiger partial charge in [-0.15, -0.1) is 0 Å². The first-order chi connectivity index (χ1) is 7.48. The van der Waals surface area contributed by atoms with Gasteiger partial charge in [0.25, 0.3) is 0 Å². The Morgan fingerprint density at radius 2 is 2.12 bits per heavy atom. The number of ether oxygens (including phenoxy) is 1. The maximum atomic E-state index is 9.15. The number of aliphatic hydroxyl groups excluding tert-OH is 1. The molecule has 0 aromatic heterocycles. The second-order valence-electron chi connectivity index (χ2n) is 4.63. The zero-order chi connectivity index (χ0) is 12.2. The molecule has 0 aliphatic heterocycles. The molecule has 0 amide bonds. The fraction of sp³-hybridized carbons (Fsp3) is 0.500. The number of anilines is 2. The van der Waals surface area contributed by atoms with Crippen LogP contribution in [0, 0.1) is 5.41 Å². The lowest BCUT2D eigenvalue weighted by molar-refractivity contribution is 0.171. The van der Waals surface area contributed by atoms with E-state index in [1.165, 1.54) is 0 Å². The van der Waals surface area contributed by atoms with Gasteiger partial charge < -0.3 is 20.9 Å². The fourth-order valence-corrected chi connectivity index (χ4v) is 1.21. The van der Waals surface area contributed by atoms with Gasteiger partial charge in [-0.2, -0.15) is 0 Å². The van der Waals surface area contributed by atoms with Crippen molar-refractivity contribution in [1.82, 2.24) is 0 Å². The average Bonchev–Trinajstić information content (AvgIpc) is 2.28. The summed E-state index contributed by atoms with van der Waals surface area (Å²) in [5.74, 6) is 0.763. The topological polar surface area (TPSA) is 67.5 Å². The summed E-state index contributed by atoms with van der Waals surface area (Å²) in [6, 6.07) is 5.47. The second kappa shape index (κ2) is 5.07. The molecule has 0 atom stereocenters. The van der Waals surface area contributed by atoms with E-state index < -0.39 is 0 Å². The summed E-state index contributed by atoms with van der Waals surface area (Å²) in [7, 11) is 1.62. The standard InChI is InChI=1S/C12H20N2O2/c1-12(2,8-15)7-14-11-6-9(16-3)4-5-10(11)13/h4-6,14-15H,7-8,13H2,1-3H3. The highest BCUT2D eigenvalue weighted by Gasteiger charge is 2.16. The van der Waals surface area contributed by atoms with Crippen molar-refractivity contribution in [3.63, 3.8) is 0 Å². The van der Waals surface area contributed by atoms with Gasteiger partial charge in [0, 0.05) is 24.6 Å². The molecule has 0 aliphatic rings. The van der Waals surface area contributed by atoms with Gasteiger partial charge in [0.15, 0.2) is 0 Å². The van der Waals surface area contributed by atoms with Crippen LogP contribution in [0.15, 0.2) is 18.2 Å². The predicted molar refractivity (Wildman–Crippen MR) is 66.8 cm³/mol. The highest BCUT2D eigenvalue weighted by molar-refractivity contribution is 5.68. The predicted octanol–water partition coefficient (Wildman–Crippen LogP) is 1.71. The zero-order valence-corrected chi connectivity index (χ0v) is 10.1. The number of aliphatic hydroxyl groups is 1. The highest BCUT2D eigenvalue weighted by atomic mass is 16.5. The third kappa shape index (κ3) is 3.31. The Morgan fingerprint density at radius 3 is 2.69 bits per heavy atom. The summed E-state index contributed by atoms with van der Waals surface area (Å²) >= 11 is 0. The number of nitrogens with one attached hydrogen (secondary N) is 1. The van der Waals surface area contributed by atoms with Gasteiger partial charge in [0.1, 0.15) is 5.75 Å². The molecule has 4 N–H and O–H groups in total. The fourth-order valence-electron chi connectivity index (χ4n) is 1.21. The Labute approximate surface area is 96.4 Å². The molecule has 16 heavy (non-hydrogen) atoms. The van der Waals surface area contributed by atoms with Crippen LogP contribution in [-0.2, 0) is 0 Å². The van der Waals surface area contributed by atoms with E-state index in [1.54, 1.807) is 13.2 Å². The summed E-state index contributed by atoms with van der Waals surface area (Å²) in [4.78, 5) is 0. The summed E-state index contributed by atoms with van der Waals surface area (Å²) < 4.78 is 5.12. The van der Waals surface area contributed by atoms with Gasteiger partial charge in [-0.1, -0.05) is 13.8 Å². The molecule has 4 heteroatoms. The first-order valence-electron chi connectivity index (χ1n) is 5.27. The van der Waals surface area contributed by atoms with E-state index in [1.807, 2.05) is 26.0 Å². The Hall–Kier alpha value is -1.42. The molecule has 0 unspecified atom stereocenters. The van der Waals surface area contributed by atoms with Crippen molar-refractivity contribution >= 4 is 11.4 Å². The molecule has 0 bridgehead atoms. The Morgan fingerprint density at radius 1 is 1.44 bits per heavy atom. The van der Waals surface area contributed by atoms with Crippen LogP contribution < -0.4 is 15.8 Å². The molecule has 1 aromatic carbocycles. The van der Waals surface area contributed by atoms with Crippen molar-refractivity contribution in [2.45, 2.75) is 13.8 Å². The summed E-state index contributed by atoms with van der Waals surface area (Å²) in [6.07, 6.45) is 0. The third-order valence-electron chi connectivity index (χ3n) is 2.45. The van der Waals surface area contributed by atoms with E-state index in [-0.39, 0.29) is 12.0 Å². The van der Waals surface area contributed by atoms with Crippen LogP contribution in [-0.4, -0.2) is 25.4 Å². The second-order valence-corrected chi connectivity index (χ2v) is 4.63. The van der Waals surface area contributed by atoms with Crippen LogP contribution in [0.3, 0.4) is 0 Å². The lowest BCUT2D eigenvalue weighted by atomic mass is 9.95. The molecule has 0 saturated carbocycles. The number of hydrogen-bond donors (Lipinski definition) is 3. The Kier molecular flexibility index (Phi) is 4.01. The summed E-state index contributed by atoms with van der Waals surface area (Å²) in [5.41, 5.74) is 7.17. The molecule has 1 rings (SSSR count). The molecule has 0 spiro atoms. The zero-order valence-electron chi connectivity index (χ0n) is 10.1. The molecule has 0 heterocycles. The lowest BCUT2D eigenvalue weighted by Gasteiger charge is -2.23. The molecular weight excluding hydrogens is 204 g/mol. The number of rotatable bonds is 5. The van der Waals surface area contributed by atoms with E-state index in [4.69, 9.17) is 15.6 Å². The van der Waals surface area contributed by atoms with Gasteiger partial charge in [-0.3, -0.25) is 0 Å². The lowest BCUT2D eigenvalue weighted by Crippen LogP contribution is -2.27. The first-order valence-corrected chi connectivity index (χ1v) is 5.27. The van der Waals surface area contributed by atoms with Gasteiger partial charge in [-0.05, 0) is 12.1 Å². The van der Waals surface area contributed by atoms with Crippen LogP contribution in [0.1, 0.15) is 13.8 Å². The number of benzene rings is 1. The SMILES string of the molecule is COc1ccc(N)c(NCC(C)(C)CO)c1.